The van der Waals surface area contributed by atoms with Gasteiger partial charge >= 0.3 is 5.97 Å². The lowest BCUT2D eigenvalue weighted by Gasteiger charge is -2.38. The number of hydrogen-bond acceptors (Lipinski definition) is 5. The average molecular weight is 395 g/mol. The third-order valence-electron chi connectivity index (χ3n) is 3.82. The Labute approximate surface area is 155 Å². The van der Waals surface area contributed by atoms with Crippen molar-refractivity contribution in [2.45, 2.75) is 42.6 Å². The van der Waals surface area contributed by atoms with Crippen LogP contribution in [0.4, 0.5) is 0 Å². The molecule has 2 rings (SSSR count). The van der Waals surface area contributed by atoms with E-state index < -0.39 is 28.1 Å². The lowest BCUT2D eigenvalue weighted by atomic mass is 9.95. The van der Waals surface area contributed by atoms with E-state index in [1.807, 2.05) is 13.8 Å². The van der Waals surface area contributed by atoms with Crippen LogP contribution in [0.2, 0.25) is 0 Å². The molecule has 24 heavy (non-hydrogen) atoms. The van der Waals surface area contributed by atoms with Crippen LogP contribution in [0.1, 0.15) is 30.6 Å². The minimum Gasteiger partial charge on any atom is -0.452 e. The quantitative estimate of drug-likeness (QED) is 0.358. The summed E-state index contributed by atoms with van der Waals surface area (Å²) in [7, 11) is 0. The fourth-order valence-corrected chi connectivity index (χ4v) is 2.41. The van der Waals surface area contributed by atoms with Crippen LogP contribution in [0.15, 0.2) is 30.3 Å². The molecule has 0 aliphatic carbocycles. The zero-order chi connectivity index (χ0) is 17.9. The van der Waals surface area contributed by atoms with E-state index in [0.29, 0.717) is 12.0 Å². The number of carbonyl (C=O) groups is 1. The van der Waals surface area contributed by atoms with Crippen molar-refractivity contribution >= 4 is 46.7 Å². The molecule has 1 aliphatic rings. The minimum absolute atomic E-state index is 0.139. The van der Waals surface area contributed by atoms with Gasteiger partial charge in [0.25, 0.3) is 3.79 Å². The van der Waals surface area contributed by atoms with E-state index in [4.69, 9.17) is 54.4 Å². The normalized spacial score (nSPS) is 27.4. The van der Waals surface area contributed by atoms with Crippen LogP contribution in [0.5, 0.6) is 0 Å². The Bertz CT molecular complexity index is 591. The summed E-state index contributed by atoms with van der Waals surface area (Å²) >= 11 is 16.9. The third kappa shape index (κ3) is 4.99. The fraction of sp³-hybridized carbons (Fsp3) is 0.500. The molecule has 0 aromatic heterocycles. The van der Waals surface area contributed by atoms with E-state index in [1.54, 1.807) is 30.3 Å². The molecule has 1 saturated heterocycles. The van der Waals surface area contributed by atoms with Crippen molar-refractivity contribution in [3.8, 4) is 0 Å². The van der Waals surface area contributed by atoms with Gasteiger partial charge in [-0.05, 0) is 31.4 Å². The second-order valence-corrected chi connectivity index (χ2v) is 7.96. The second kappa shape index (κ2) is 7.91. The Morgan fingerprint density at radius 2 is 1.83 bits per heavy atom. The first kappa shape index (κ1) is 19.3. The fourth-order valence-electron chi connectivity index (χ4n) is 2.27. The molecule has 1 heterocycles. The zero-order valence-electron chi connectivity index (χ0n) is 13.2. The summed E-state index contributed by atoms with van der Waals surface area (Å²) in [5, 5.41) is 7.69. The standard InChI is InChI=1S/C16H18Cl3NO4/c1-9-8-12(23-13(21)11-6-4-3-5-7-11)14(22-10(9)2)24-15(20)16(17,18)19/h3-7,9-10,12,14,20H,8H2,1-2H3/t9-,10+,12-,14+/m1/s1. The Hall–Kier alpha value is -1.01. The third-order valence-corrected chi connectivity index (χ3v) is 4.33. The molecule has 1 aromatic rings. The maximum atomic E-state index is 12.3. The van der Waals surface area contributed by atoms with E-state index in [1.165, 1.54) is 0 Å². The Balaban J connectivity index is 2.11. The summed E-state index contributed by atoms with van der Waals surface area (Å²) in [5.41, 5.74) is 0.416. The highest BCUT2D eigenvalue weighted by Crippen LogP contribution is 2.33. The number of halogens is 3. The van der Waals surface area contributed by atoms with Crippen LogP contribution in [0.25, 0.3) is 0 Å². The predicted molar refractivity (Wildman–Crippen MR) is 92.9 cm³/mol. The van der Waals surface area contributed by atoms with Gasteiger partial charge in [0.15, 0.2) is 6.10 Å². The highest BCUT2D eigenvalue weighted by Gasteiger charge is 2.41. The van der Waals surface area contributed by atoms with E-state index in [9.17, 15) is 4.79 Å². The number of benzene rings is 1. The van der Waals surface area contributed by atoms with Gasteiger partial charge in [-0.15, -0.1) is 0 Å². The van der Waals surface area contributed by atoms with Gasteiger partial charge in [0.1, 0.15) is 0 Å². The lowest BCUT2D eigenvalue weighted by Crippen LogP contribution is -2.47. The molecule has 1 N–H and O–H groups in total. The van der Waals surface area contributed by atoms with Crippen LogP contribution in [0.3, 0.4) is 0 Å². The molecular formula is C16H18Cl3NO4. The summed E-state index contributed by atoms with van der Waals surface area (Å²) in [6.45, 7) is 3.85. The van der Waals surface area contributed by atoms with Gasteiger partial charge in [-0.25, -0.2) is 4.79 Å². The highest BCUT2D eigenvalue weighted by molar-refractivity contribution is 6.76. The van der Waals surface area contributed by atoms with Crippen molar-refractivity contribution in [3.63, 3.8) is 0 Å². The van der Waals surface area contributed by atoms with Gasteiger partial charge in [0.2, 0.25) is 12.2 Å². The molecule has 1 aliphatic heterocycles. The predicted octanol–water partition coefficient (Wildman–Crippen LogP) is 4.35. The second-order valence-electron chi connectivity index (χ2n) is 5.68. The summed E-state index contributed by atoms with van der Waals surface area (Å²) < 4.78 is 14.5. The average Bonchev–Trinajstić information content (AvgIpc) is 2.52. The zero-order valence-corrected chi connectivity index (χ0v) is 15.4. The molecule has 0 bridgehead atoms. The largest absolute Gasteiger partial charge is 0.452 e. The first-order chi connectivity index (χ1) is 11.2. The minimum atomic E-state index is -2.01. The topological polar surface area (TPSA) is 68.6 Å². The van der Waals surface area contributed by atoms with Crippen LogP contribution >= 0.6 is 34.8 Å². The van der Waals surface area contributed by atoms with Crippen molar-refractivity contribution in [2.24, 2.45) is 5.92 Å². The summed E-state index contributed by atoms with van der Waals surface area (Å²) in [6, 6.07) is 8.59. The van der Waals surface area contributed by atoms with Crippen LogP contribution in [-0.4, -0.2) is 34.2 Å². The van der Waals surface area contributed by atoms with Gasteiger partial charge < -0.3 is 14.2 Å². The van der Waals surface area contributed by atoms with Gasteiger partial charge in [-0.3, -0.25) is 5.41 Å². The van der Waals surface area contributed by atoms with E-state index >= 15 is 0 Å². The number of ether oxygens (including phenoxy) is 3. The van der Waals surface area contributed by atoms with Crippen molar-refractivity contribution in [1.82, 2.24) is 0 Å². The Morgan fingerprint density at radius 3 is 2.42 bits per heavy atom. The number of alkyl halides is 3. The molecular weight excluding hydrogens is 377 g/mol. The number of carbonyl (C=O) groups excluding carboxylic acids is 1. The lowest BCUT2D eigenvalue weighted by molar-refractivity contribution is -0.219. The summed E-state index contributed by atoms with van der Waals surface area (Å²) in [4.78, 5) is 12.3. The maximum absolute atomic E-state index is 12.3. The summed E-state index contributed by atoms with van der Waals surface area (Å²) in [6.07, 6.45) is -1.36. The van der Waals surface area contributed by atoms with Gasteiger partial charge in [-0.1, -0.05) is 59.9 Å². The first-order valence-electron chi connectivity index (χ1n) is 7.42. The molecule has 0 unspecified atom stereocenters. The molecule has 4 atom stereocenters. The van der Waals surface area contributed by atoms with Crippen molar-refractivity contribution < 1.29 is 19.0 Å². The molecule has 0 spiro atoms. The van der Waals surface area contributed by atoms with Crippen LogP contribution in [0, 0.1) is 11.3 Å². The molecule has 5 nitrogen and oxygen atoms in total. The first-order valence-corrected chi connectivity index (χ1v) is 8.55. The molecule has 0 radical (unpaired) electrons. The van der Waals surface area contributed by atoms with E-state index in [-0.39, 0.29) is 12.0 Å². The van der Waals surface area contributed by atoms with Gasteiger partial charge in [-0.2, -0.15) is 0 Å². The molecule has 8 heteroatoms. The maximum Gasteiger partial charge on any atom is 0.338 e. The number of hydrogen-bond donors (Lipinski definition) is 1. The van der Waals surface area contributed by atoms with Crippen LogP contribution in [-0.2, 0) is 14.2 Å². The number of rotatable bonds is 3. The molecule has 0 saturated carbocycles. The van der Waals surface area contributed by atoms with E-state index in [0.717, 1.165) is 0 Å². The molecule has 1 fully saturated rings. The summed E-state index contributed by atoms with van der Waals surface area (Å²) in [5.74, 6) is -0.944. The monoisotopic (exact) mass is 393 g/mol. The number of nitrogens with one attached hydrogen (secondary N) is 1. The SMILES string of the molecule is C[C@@H]1C[C@@H](OC(=O)c2ccccc2)[C@H](OC(=N)C(Cl)(Cl)Cl)O[C@H]1C. The van der Waals surface area contributed by atoms with Crippen molar-refractivity contribution in [3.05, 3.63) is 35.9 Å². The number of esters is 1. The van der Waals surface area contributed by atoms with Gasteiger partial charge in [0, 0.05) is 0 Å². The molecule has 0 amide bonds. The highest BCUT2D eigenvalue weighted by atomic mass is 35.6. The van der Waals surface area contributed by atoms with E-state index in [2.05, 4.69) is 0 Å². The molecule has 1 aromatic carbocycles. The molecule has 132 valence electrons. The van der Waals surface area contributed by atoms with Gasteiger partial charge in [0.05, 0.1) is 11.7 Å². The van der Waals surface area contributed by atoms with Crippen molar-refractivity contribution in [2.75, 3.05) is 0 Å². The van der Waals surface area contributed by atoms with Crippen LogP contribution < -0.4 is 0 Å². The Morgan fingerprint density at radius 1 is 1.21 bits per heavy atom. The Kier molecular flexibility index (Phi) is 6.37. The van der Waals surface area contributed by atoms with Crippen molar-refractivity contribution in [1.29, 1.82) is 5.41 Å². The smallest absolute Gasteiger partial charge is 0.338 e.